The first-order valence-electron chi connectivity index (χ1n) is 11.2. The van der Waals surface area contributed by atoms with Crippen LogP contribution in [0.1, 0.15) is 74.2 Å². The van der Waals surface area contributed by atoms with E-state index in [1.54, 1.807) is 4.31 Å². The van der Waals surface area contributed by atoms with Crippen LogP contribution in [-0.4, -0.2) is 60.9 Å². The molecule has 162 valence electrons. The van der Waals surface area contributed by atoms with Crippen LogP contribution in [0.5, 0.6) is 0 Å². The van der Waals surface area contributed by atoms with Gasteiger partial charge in [0, 0.05) is 43.7 Å². The highest BCUT2D eigenvalue weighted by Crippen LogP contribution is 2.38. The van der Waals surface area contributed by atoms with E-state index in [0.29, 0.717) is 25.9 Å². The Morgan fingerprint density at radius 2 is 1.62 bits per heavy atom. The number of ketones is 1. The Labute approximate surface area is 176 Å². The minimum atomic E-state index is -3.12. The maximum atomic E-state index is 12.8. The molecule has 1 saturated heterocycles. The van der Waals surface area contributed by atoms with Gasteiger partial charge in [0.15, 0.2) is 5.78 Å². The smallest absolute Gasteiger partial charge is 0.214 e. The largest absolute Gasteiger partial charge is 0.295 e. The molecule has 0 radical (unpaired) electrons. The molecular weight excluding hydrogens is 384 g/mol. The van der Waals surface area contributed by atoms with Gasteiger partial charge in [-0.15, -0.1) is 0 Å². The number of Topliss-reactive ketones (excluding diaryl/α,β-unsaturated/α-hetero) is 1. The van der Waals surface area contributed by atoms with Crippen LogP contribution in [0.3, 0.4) is 0 Å². The monoisotopic (exact) mass is 420 g/mol. The first kappa shape index (κ1) is 22.4. The van der Waals surface area contributed by atoms with E-state index in [-0.39, 0.29) is 17.1 Å². The van der Waals surface area contributed by atoms with Gasteiger partial charge in [-0.05, 0) is 32.6 Å². The van der Waals surface area contributed by atoms with Crippen LogP contribution in [0.15, 0.2) is 24.3 Å². The van der Waals surface area contributed by atoms with Crippen molar-refractivity contribution in [3.8, 4) is 0 Å². The zero-order chi connectivity index (χ0) is 20.9. The van der Waals surface area contributed by atoms with Gasteiger partial charge in [0.25, 0.3) is 0 Å². The fourth-order valence-corrected chi connectivity index (χ4v) is 6.49. The van der Waals surface area contributed by atoms with Crippen molar-refractivity contribution in [1.82, 2.24) is 9.21 Å². The summed E-state index contributed by atoms with van der Waals surface area (Å²) in [6, 6.07) is 7.87. The number of nitrogens with zero attached hydrogens (tertiary/aromatic N) is 2. The summed E-state index contributed by atoms with van der Waals surface area (Å²) in [7, 11) is -3.12. The van der Waals surface area contributed by atoms with Gasteiger partial charge in [-0.3, -0.25) is 9.69 Å². The number of carbonyl (C=O) groups excluding carboxylic acids is 1. The summed E-state index contributed by atoms with van der Waals surface area (Å²) in [6.45, 7) is 6.66. The third kappa shape index (κ3) is 5.47. The van der Waals surface area contributed by atoms with Crippen LogP contribution in [0, 0.1) is 6.92 Å². The van der Waals surface area contributed by atoms with Gasteiger partial charge >= 0.3 is 0 Å². The lowest BCUT2D eigenvalue weighted by Crippen LogP contribution is -2.58. The summed E-state index contributed by atoms with van der Waals surface area (Å²) < 4.78 is 26.5. The number of carbonyl (C=O) groups is 1. The topological polar surface area (TPSA) is 57.7 Å². The van der Waals surface area contributed by atoms with Gasteiger partial charge in [-0.25, -0.2) is 8.42 Å². The summed E-state index contributed by atoms with van der Waals surface area (Å²) in [4.78, 5) is 15.3. The Hall–Kier alpha value is -1.24. The number of hydrogen-bond acceptors (Lipinski definition) is 4. The van der Waals surface area contributed by atoms with Gasteiger partial charge in [0.05, 0.1) is 5.75 Å². The maximum Gasteiger partial charge on any atom is 0.214 e. The Morgan fingerprint density at radius 3 is 2.21 bits per heavy atom. The molecule has 1 aromatic rings. The quantitative estimate of drug-likeness (QED) is 0.596. The molecule has 0 atom stereocenters. The van der Waals surface area contributed by atoms with Crippen molar-refractivity contribution in [3.05, 3.63) is 35.4 Å². The van der Waals surface area contributed by atoms with E-state index < -0.39 is 10.0 Å². The predicted octanol–water partition coefficient (Wildman–Crippen LogP) is 4.02. The van der Waals surface area contributed by atoms with E-state index in [9.17, 15) is 13.2 Å². The summed E-state index contributed by atoms with van der Waals surface area (Å²) in [5, 5.41) is 0. The third-order valence-electron chi connectivity index (χ3n) is 6.74. The lowest BCUT2D eigenvalue weighted by Gasteiger charge is -2.50. The first-order valence-corrected chi connectivity index (χ1v) is 12.8. The molecule has 1 aromatic carbocycles. The molecule has 1 aliphatic carbocycles. The highest BCUT2D eigenvalue weighted by Gasteiger charge is 2.40. The highest BCUT2D eigenvalue weighted by molar-refractivity contribution is 7.89. The van der Waals surface area contributed by atoms with Crippen molar-refractivity contribution < 1.29 is 13.2 Å². The van der Waals surface area contributed by atoms with Gasteiger partial charge in [0.2, 0.25) is 10.0 Å². The molecule has 2 aliphatic rings. The van der Waals surface area contributed by atoms with E-state index in [0.717, 1.165) is 37.9 Å². The molecule has 0 amide bonds. The first-order chi connectivity index (χ1) is 13.9. The van der Waals surface area contributed by atoms with Gasteiger partial charge < -0.3 is 0 Å². The van der Waals surface area contributed by atoms with Crippen molar-refractivity contribution in [2.45, 2.75) is 70.8 Å². The number of sulfonamides is 1. The normalized spacial score (nSPS) is 21.2. The Morgan fingerprint density at radius 1 is 1.00 bits per heavy atom. The maximum absolute atomic E-state index is 12.8. The number of hydrogen-bond donors (Lipinski definition) is 0. The molecule has 29 heavy (non-hydrogen) atoms. The summed E-state index contributed by atoms with van der Waals surface area (Å²) in [5.41, 5.74) is 2.03. The Kier molecular flexibility index (Phi) is 7.52. The number of benzene rings is 1. The molecular formula is C23H36N2O3S. The van der Waals surface area contributed by atoms with E-state index in [1.165, 1.54) is 24.8 Å². The standard InChI is InChI=1S/C23H36N2O3S/c1-3-19-29(27,28)25-17-15-24(16-18-25)23(12-5-4-6-13-23)14-11-22(26)21-9-7-20(2)8-10-21/h7-10H,3-6,11-19H2,1-2H3. The van der Waals surface area contributed by atoms with Crippen LogP contribution in [0.2, 0.25) is 0 Å². The summed E-state index contributed by atoms with van der Waals surface area (Å²) in [5.74, 6) is 0.461. The Balaban J connectivity index is 1.64. The lowest BCUT2D eigenvalue weighted by molar-refractivity contribution is 0.0165. The molecule has 5 nitrogen and oxygen atoms in total. The van der Waals surface area contributed by atoms with Crippen molar-refractivity contribution in [3.63, 3.8) is 0 Å². The predicted molar refractivity (Wildman–Crippen MR) is 118 cm³/mol. The molecule has 0 N–H and O–H groups in total. The third-order valence-corrected chi connectivity index (χ3v) is 8.82. The molecule has 0 bridgehead atoms. The number of aryl methyl sites for hydroxylation is 1. The average molecular weight is 421 g/mol. The molecule has 6 heteroatoms. The van der Waals surface area contributed by atoms with E-state index in [2.05, 4.69) is 4.90 Å². The van der Waals surface area contributed by atoms with Gasteiger partial charge in [-0.2, -0.15) is 4.31 Å². The van der Waals surface area contributed by atoms with E-state index >= 15 is 0 Å². The average Bonchev–Trinajstić information content (AvgIpc) is 2.73. The lowest BCUT2D eigenvalue weighted by atomic mass is 9.76. The second-order valence-corrected chi connectivity index (χ2v) is 10.9. The minimum absolute atomic E-state index is 0.0548. The second-order valence-electron chi connectivity index (χ2n) is 8.78. The van der Waals surface area contributed by atoms with Gasteiger partial charge in [-0.1, -0.05) is 56.0 Å². The molecule has 1 heterocycles. The highest BCUT2D eigenvalue weighted by atomic mass is 32.2. The molecule has 0 aromatic heterocycles. The van der Waals surface area contributed by atoms with E-state index in [4.69, 9.17) is 0 Å². The molecule has 1 aliphatic heterocycles. The van der Waals surface area contributed by atoms with Gasteiger partial charge in [0.1, 0.15) is 0 Å². The van der Waals surface area contributed by atoms with Crippen LogP contribution in [0.25, 0.3) is 0 Å². The SMILES string of the molecule is CCCS(=O)(=O)N1CCN(C2(CCC(=O)c3ccc(C)cc3)CCCCC2)CC1. The summed E-state index contributed by atoms with van der Waals surface area (Å²) in [6.07, 6.45) is 8.01. The molecule has 3 rings (SSSR count). The van der Waals surface area contributed by atoms with Crippen LogP contribution < -0.4 is 0 Å². The van der Waals surface area contributed by atoms with Crippen LogP contribution >= 0.6 is 0 Å². The fourth-order valence-electron chi connectivity index (χ4n) is 4.99. The second kappa shape index (κ2) is 9.71. The van der Waals surface area contributed by atoms with E-state index in [1.807, 2.05) is 38.1 Å². The fraction of sp³-hybridized carbons (Fsp3) is 0.696. The minimum Gasteiger partial charge on any atom is -0.295 e. The van der Waals surface area contributed by atoms with Crippen molar-refractivity contribution in [1.29, 1.82) is 0 Å². The summed E-state index contributed by atoms with van der Waals surface area (Å²) >= 11 is 0. The zero-order valence-corrected chi connectivity index (χ0v) is 18.8. The van der Waals surface area contributed by atoms with Crippen LogP contribution in [0.4, 0.5) is 0 Å². The van der Waals surface area contributed by atoms with Crippen molar-refractivity contribution in [2.24, 2.45) is 0 Å². The molecule has 0 unspecified atom stereocenters. The molecule has 1 saturated carbocycles. The van der Waals surface area contributed by atoms with Crippen molar-refractivity contribution >= 4 is 15.8 Å². The van der Waals surface area contributed by atoms with Crippen LogP contribution in [-0.2, 0) is 10.0 Å². The zero-order valence-electron chi connectivity index (χ0n) is 18.0. The number of rotatable bonds is 8. The van der Waals surface area contributed by atoms with Crippen molar-refractivity contribution in [2.75, 3.05) is 31.9 Å². The molecule has 2 fully saturated rings. The Bertz CT molecular complexity index is 775. The molecule has 0 spiro atoms. The number of piperazine rings is 1.